The summed E-state index contributed by atoms with van der Waals surface area (Å²) in [7, 11) is 1.24. The van der Waals surface area contributed by atoms with Crippen LogP contribution in [0.25, 0.3) is 0 Å². The van der Waals surface area contributed by atoms with Gasteiger partial charge in [0.15, 0.2) is 0 Å². The van der Waals surface area contributed by atoms with Crippen LogP contribution in [0, 0.1) is 0 Å². The van der Waals surface area contributed by atoms with Crippen molar-refractivity contribution < 1.29 is 29.3 Å². The Hall–Kier alpha value is -2.41. The first-order chi connectivity index (χ1) is 8.88. The summed E-state index contributed by atoms with van der Waals surface area (Å²) < 4.78 is 4.35. The van der Waals surface area contributed by atoms with E-state index in [1.54, 1.807) is 0 Å². The first-order valence-corrected chi connectivity index (χ1v) is 5.05. The third-order valence-electron chi connectivity index (χ3n) is 1.54. The van der Waals surface area contributed by atoms with Gasteiger partial charge in [-0.3, -0.25) is 4.79 Å². The molecular weight excluding hydrogens is 254 g/mol. The van der Waals surface area contributed by atoms with Gasteiger partial charge in [0.1, 0.15) is 6.73 Å². The number of allylic oxidation sites excluding steroid dienone is 1. The summed E-state index contributed by atoms with van der Waals surface area (Å²) in [5.74, 6) is -1.93. The molecule has 3 N–H and O–H groups in total. The van der Waals surface area contributed by atoms with E-state index in [-0.39, 0.29) is 24.6 Å². The van der Waals surface area contributed by atoms with Gasteiger partial charge in [-0.25, -0.2) is 9.59 Å². The van der Waals surface area contributed by atoms with Crippen molar-refractivity contribution in [2.45, 2.75) is 6.42 Å². The molecular formula is C12H17NO6. The van der Waals surface area contributed by atoms with Crippen LogP contribution in [-0.2, 0) is 19.1 Å². The van der Waals surface area contributed by atoms with Crippen molar-refractivity contribution in [2.24, 2.45) is 0 Å². The molecule has 0 spiro atoms. The Balaban J connectivity index is 0. The molecule has 0 rings (SSSR count). The van der Waals surface area contributed by atoms with Gasteiger partial charge in [0.25, 0.3) is 0 Å². The minimum Gasteiger partial charge on any atom is -0.478 e. The minimum absolute atomic E-state index is 0.193. The SMILES string of the molecule is C=C(CC=CC(=O)O)C(=O)OC.C=CC(=O)NCO. The van der Waals surface area contributed by atoms with Crippen LogP contribution in [0.1, 0.15) is 6.42 Å². The van der Waals surface area contributed by atoms with Crippen LogP contribution in [0.2, 0.25) is 0 Å². The van der Waals surface area contributed by atoms with Crippen LogP contribution in [0.15, 0.2) is 37.0 Å². The summed E-state index contributed by atoms with van der Waals surface area (Å²) in [5, 5.41) is 18.3. The zero-order chi connectivity index (χ0) is 15.3. The van der Waals surface area contributed by atoms with Gasteiger partial charge in [-0.2, -0.15) is 0 Å². The van der Waals surface area contributed by atoms with Crippen molar-refractivity contribution >= 4 is 17.8 Å². The van der Waals surface area contributed by atoms with E-state index in [2.05, 4.69) is 23.2 Å². The van der Waals surface area contributed by atoms with Crippen LogP contribution < -0.4 is 5.32 Å². The van der Waals surface area contributed by atoms with Crippen LogP contribution in [0.3, 0.4) is 0 Å². The zero-order valence-electron chi connectivity index (χ0n) is 10.6. The van der Waals surface area contributed by atoms with Gasteiger partial charge in [0.05, 0.1) is 7.11 Å². The van der Waals surface area contributed by atoms with Gasteiger partial charge >= 0.3 is 11.9 Å². The number of rotatable bonds is 6. The average Bonchev–Trinajstić information content (AvgIpc) is 2.38. The smallest absolute Gasteiger partial charge is 0.333 e. The molecule has 0 aromatic carbocycles. The lowest BCUT2D eigenvalue weighted by atomic mass is 10.2. The topological polar surface area (TPSA) is 113 Å². The lowest BCUT2D eigenvalue weighted by molar-refractivity contribution is -0.136. The number of ether oxygens (including phenoxy) is 1. The Labute approximate surface area is 110 Å². The fraction of sp³-hybridized carbons (Fsp3) is 0.250. The maximum absolute atomic E-state index is 10.7. The summed E-state index contributed by atoms with van der Waals surface area (Å²) >= 11 is 0. The summed E-state index contributed by atoms with van der Waals surface area (Å²) in [4.78, 5) is 30.7. The van der Waals surface area contributed by atoms with Gasteiger partial charge in [-0.1, -0.05) is 19.2 Å². The lowest BCUT2D eigenvalue weighted by Crippen LogP contribution is -2.20. The summed E-state index contributed by atoms with van der Waals surface area (Å²) in [6, 6.07) is 0. The first kappa shape index (κ1) is 18.9. The Morgan fingerprint density at radius 2 is 1.95 bits per heavy atom. The molecule has 0 unspecified atom stereocenters. The van der Waals surface area contributed by atoms with Crippen LogP contribution in [-0.4, -0.2) is 41.9 Å². The fourth-order valence-corrected chi connectivity index (χ4v) is 0.680. The molecule has 7 nitrogen and oxygen atoms in total. The number of aliphatic carboxylic acids is 1. The highest BCUT2D eigenvalue weighted by atomic mass is 16.5. The average molecular weight is 271 g/mol. The number of aliphatic hydroxyl groups excluding tert-OH is 1. The number of aliphatic hydroxyl groups is 1. The quantitative estimate of drug-likeness (QED) is 0.355. The molecule has 0 aromatic rings. The van der Waals surface area contributed by atoms with Crippen LogP contribution >= 0.6 is 0 Å². The van der Waals surface area contributed by atoms with Gasteiger partial charge in [0, 0.05) is 11.6 Å². The summed E-state index contributed by atoms with van der Waals surface area (Å²) in [5.41, 5.74) is 0.231. The standard InChI is InChI=1S/C8H10O4.C4H7NO2/c1-6(8(11)12-2)4-3-5-7(9)10;1-2-4(7)5-3-6/h3,5H,1,4H2,2H3,(H,9,10);2,6H,1,3H2,(H,5,7). The second-order valence-electron chi connectivity index (χ2n) is 2.94. The van der Waals surface area contributed by atoms with Crippen LogP contribution in [0.4, 0.5) is 0 Å². The number of carbonyl (C=O) groups is 3. The Morgan fingerprint density at radius 1 is 1.37 bits per heavy atom. The van der Waals surface area contributed by atoms with E-state index in [1.165, 1.54) is 13.2 Å². The number of hydrogen-bond acceptors (Lipinski definition) is 5. The largest absolute Gasteiger partial charge is 0.478 e. The molecule has 0 aromatic heterocycles. The van der Waals surface area contributed by atoms with Crippen molar-refractivity contribution in [3.8, 4) is 0 Å². The molecule has 0 radical (unpaired) electrons. The lowest BCUT2D eigenvalue weighted by Gasteiger charge is -1.97. The number of carboxylic acid groups (broad SMARTS) is 1. The molecule has 0 aliphatic heterocycles. The third kappa shape index (κ3) is 13.5. The predicted octanol–water partition coefficient (Wildman–Crippen LogP) is -0.0151. The predicted molar refractivity (Wildman–Crippen MR) is 68.0 cm³/mol. The van der Waals surface area contributed by atoms with Gasteiger partial charge in [-0.05, 0) is 12.5 Å². The van der Waals surface area contributed by atoms with E-state index >= 15 is 0 Å². The Kier molecular flexibility index (Phi) is 12.0. The summed E-state index contributed by atoms with van der Waals surface area (Å²) in [6.07, 6.45) is 3.57. The molecule has 0 aliphatic rings. The van der Waals surface area contributed by atoms with Crippen molar-refractivity contribution in [1.29, 1.82) is 0 Å². The van der Waals surface area contributed by atoms with E-state index in [0.29, 0.717) is 0 Å². The second-order valence-corrected chi connectivity index (χ2v) is 2.94. The fourth-order valence-electron chi connectivity index (χ4n) is 0.680. The van der Waals surface area contributed by atoms with E-state index < -0.39 is 11.9 Å². The highest BCUT2D eigenvalue weighted by molar-refractivity contribution is 5.88. The highest BCUT2D eigenvalue weighted by Crippen LogP contribution is 2.00. The zero-order valence-corrected chi connectivity index (χ0v) is 10.6. The number of amides is 1. The van der Waals surface area contributed by atoms with Crippen molar-refractivity contribution in [1.82, 2.24) is 5.32 Å². The number of nitrogens with one attached hydrogen (secondary N) is 1. The molecule has 7 heteroatoms. The third-order valence-corrected chi connectivity index (χ3v) is 1.54. The van der Waals surface area contributed by atoms with Gasteiger partial charge in [-0.15, -0.1) is 0 Å². The van der Waals surface area contributed by atoms with Crippen molar-refractivity contribution in [3.63, 3.8) is 0 Å². The van der Waals surface area contributed by atoms with E-state index in [1.807, 2.05) is 0 Å². The monoisotopic (exact) mass is 271 g/mol. The Morgan fingerprint density at radius 3 is 2.26 bits per heavy atom. The first-order valence-electron chi connectivity index (χ1n) is 5.05. The molecule has 106 valence electrons. The van der Waals surface area contributed by atoms with E-state index in [0.717, 1.165) is 12.2 Å². The van der Waals surface area contributed by atoms with Gasteiger partial charge < -0.3 is 20.3 Å². The number of methoxy groups -OCH3 is 1. The number of esters is 1. The number of carboxylic acids is 1. The normalized spacial score (nSPS) is 8.95. The molecule has 0 fully saturated rings. The molecule has 0 saturated carbocycles. The van der Waals surface area contributed by atoms with E-state index in [4.69, 9.17) is 10.2 Å². The molecule has 0 atom stereocenters. The number of hydrogen-bond donors (Lipinski definition) is 3. The second kappa shape index (κ2) is 12.1. The van der Waals surface area contributed by atoms with Crippen molar-refractivity contribution in [2.75, 3.05) is 13.8 Å². The maximum Gasteiger partial charge on any atom is 0.333 e. The molecule has 1 amide bonds. The molecule has 0 saturated heterocycles. The minimum atomic E-state index is -1.05. The van der Waals surface area contributed by atoms with Gasteiger partial charge in [0.2, 0.25) is 5.91 Å². The number of carbonyl (C=O) groups excluding carboxylic acids is 2. The summed E-state index contributed by atoms with van der Waals surface area (Å²) in [6.45, 7) is 6.23. The molecule has 0 bridgehead atoms. The van der Waals surface area contributed by atoms with Crippen LogP contribution in [0.5, 0.6) is 0 Å². The maximum atomic E-state index is 10.7. The van der Waals surface area contributed by atoms with E-state index in [9.17, 15) is 14.4 Å². The van der Waals surface area contributed by atoms with Crippen molar-refractivity contribution in [3.05, 3.63) is 37.0 Å². The highest BCUT2D eigenvalue weighted by Gasteiger charge is 2.03. The Bertz CT molecular complexity index is 372. The molecule has 19 heavy (non-hydrogen) atoms. The molecule has 0 aliphatic carbocycles. The molecule has 0 heterocycles.